The summed E-state index contributed by atoms with van der Waals surface area (Å²) in [7, 11) is 0. The average Bonchev–Trinajstić information content (AvgIpc) is 3.12. The normalized spacial score (nSPS) is 21.0. The highest BCUT2D eigenvalue weighted by Gasteiger charge is 2.30. The molecule has 0 unspecified atom stereocenters. The lowest BCUT2D eigenvalue weighted by molar-refractivity contribution is -0.133. The van der Waals surface area contributed by atoms with E-state index >= 15 is 0 Å². The fourth-order valence-corrected chi connectivity index (χ4v) is 6.11. The predicted octanol–water partition coefficient (Wildman–Crippen LogP) is 0.585. The predicted molar refractivity (Wildman–Crippen MR) is 205 cm³/mol. The summed E-state index contributed by atoms with van der Waals surface area (Å²) in [6, 6.07) is 17.4. The Morgan fingerprint density at radius 3 is 1.98 bits per heavy atom. The fraction of sp³-hybridized carbons (Fsp3) is 0.368. The average molecular weight is 727 g/mol. The van der Waals surface area contributed by atoms with Gasteiger partial charge in [-0.05, 0) is 73.1 Å². The van der Waals surface area contributed by atoms with Crippen LogP contribution < -0.4 is 44.2 Å². The molecule has 0 radical (unpaired) electrons. The third-order valence-corrected chi connectivity index (χ3v) is 8.92. The van der Waals surface area contributed by atoms with Crippen LogP contribution in [0.2, 0.25) is 0 Å². The van der Waals surface area contributed by atoms with Crippen molar-refractivity contribution in [1.82, 2.24) is 21.3 Å². The number of phenolic OH excluding ortho intramolecular Hbond substituents is 1. The molecule has 53 heavy (non-hydrogen) atoms. The van der Waals surface area contributed by atoms with Crippen LogP contribution in [0, 0.1) is 5.92 Å². The number of hydrogen-bond donors (Lipinski definition) is 9. The van der Waals surface area contributed by atoms with Crippen molar-refractivity contribution in [2.45, 2.75) is 63.6 Å². The molecule has 1 heterocycles. The third kappa shape index (κ3) is 12.9. The molecule has 0 bridgehead atoms. The molecule has 282 valence electrons. The van der Waals surface area contributed by atoms with Gasteiger partial charge in [0.25, 0.3) is 0 Å². The Labute approximate surface area is 308 Å². The summed E-state index contributed by atoms with van der Waals surface area (Å²) in [5.41, 5.74) is 24.3. The number of benzene rings is 3. The third-order valence-electron chi connectivity index (χ3n) is 8.92. The minimum Gasteiger partial charge on any atom is -0.508 e. The van der Waals surface area contributed by atoms with Gasteiger partial charge in [-0.3, -0.25) is 29.2 Å². The fourth-order valence-electron chi connectivity index (χ4n) is 6.11. The SMILES string of the molecule is C/C1=C\[C@H](CCCN=C(N)N)C(=O)N[C@@H](CCCN=C(N)N)C(=O)N[C@@H](Cc2ccc3ccccc3c2)C(=O)NCC(=O)N[C@@H]1Cc1ccc(O)cc1. The van der Waals surface area contributed by atoms with Crippen LogP contribution in [0.5, 0.6) is 5.75 Å². The van der Waals surface area contributed by atoms with E-state index in [9.17, 15) is 24.3 Å². The maximum absolute atomic E-state index is 14.1. The van der Waals surface area contributed by atoms with Gasteiger partial charge in [0.1, 0.15) is 17.8 Å². The Balaban J connectivity index is 1.70. The number of nitrogens with two attached hydrogens (primary N) is 4. The van der Waals surface area contributed by atoms with Crippen LogP contribution in [-0.2, 0) is 32.0 Å². The van der Waals surface area contributed by atoms with Crippen molar-refractivity contribution in [2.75, 3.05) is 19.6 Å². The molecule has 0 fully saturated rings. The lowest BCUT2D eigenvalue weighted by Gasteiger charge is -2.25. The Bertz CT molecular complexity index is 1830. The van der Waals surface area contributed by atoms with Gasteiger partial charge in [-0.25, -0.2) is 0 Å². The summed E-state index contributed by atoms with van der Waals surface area (Å²) in [5, 5.41) is 23.2. The number of amides is 4. The molecule has 15 heteroatoms. The highest BCUT2D eigenvalue weighted by atomic mass is 16.3. The van der Waals surface area contributed by atoms with Crippen LogP contribution in [0.3, 0.4) is 0 Å². The highest BCUT2D eigenvalue weighted by Crippen LogP contribution is 2.20. The van der Waals surface area contributed by atoms with Crippen molar-refractivity contribution in [3.05, 3.63) is 89.5 Å². The van der Waals surface area contributed by atoms with Gasteiger partial charge in [0.2, 0.25) is 23.6 Å². The number of fused-ring (bicyclic) bond motifs is 1. The van der Waals surface area contributed by atoms with E-state index in [4.69, 9.17) is 22.9 Å². The zero-order valence-corrected chi connectivity index (χ0v) is 29.9. The molecule has 13 N–H and O–H groups in total. The maximum atomic E-state index is 14.1. The van der Waals surface area contributed by atoms with E-state index in [1.807, 2.05) is 42.5 Å². The summed E-state index contributed by atoms with van der Waals surface area (Å²) in [6.45, 7) is 1.94. The molecule has 4 amide bonds. The van der Waals surface area contributed by atoms with Crippen molar-refractivity contribution < 1.29 is 24.3 Å². The largest absolute Gasteiger partial charge is 0.508 e. The number of aliphatic imine (C=N–C) groups is 2. The molecule has 15 nitrogen and oxygen atoms in total. The van der Waals surface area contributed by atoms with E-state index in [-0.39, 0.29) is 50.1 Å². The number of rotatable bonds is 12. The van der Waals surface area contributed by atoms with Crippen molar-refractivity contribution in [3.8, 4) is 5.75 Å². The molecular weight excluding hydrogens is 676 g/mol. The summed E-state index contributed by atoms with van der Waals surface area (Å²) < 4.78 is 0. The number of guanidine groups is 2. The quantitative estimate of drug-likeness (QED) is 0.0546. The maximum Gasteiger partial charge on any atom is 0.243 e. The molecule has 1 aliphatic rings. The van der Waals surface area contributed by atoms with E-state index in [2.05, 4.69) is 31.3 Å². The Hall–Kier alpha value is -6.12. The van der Waals surface area contributed by atoms with Gasteiger partial charge < -0.3 is 49.3 Å². The lowest BCUT2D eigenvalue weighted by atomic mass is 9.93. The zero-order valence-electron chi connectivity index (χ0n) is 29.9. The molecule has 1 aliphatic heterocycles. The van der Waals surface area contributed by atoms with Gasteiger partial charge in [-0.2, -0.15) is 0 Å². The number of nitrogens with zero attached hydrogens (tertiary/aromatic N) is 2. The van der Waals surface area contributed by atoms with E-state index in [1.165, 1.54) is 0 Å². The van der Waals surface area contributed by atoms with E-state index in [1.54, 1.807) is 37.3 Å². The minimum atomic E-state index is -1.08. The van der Waals surface area contributed by atoms with E-state index in [0.717, 1.165) is 21.9 Å². The number of aromatic hydroxyl groups is 1. The van der Waals surface area contributed by atoms with Gasteiger partial charge in [0.15, 0.2) is 11.9 Å². The lowest BCUT2D eigenvalue weighted by Crippen LogP contribution is -2.55. The second-order valence-electron chi connectivity index (χ2n) is 13.1. The molecule has 4 rings (SSSR count). The van der Waals surface area contributed by atoms with Crippen LogP contribution >= 0.6 is 0 Å². The molecule has 0 saturated heterocycles. The topological polar surface area (TPSA) is 265 Å². The molecule has 3 aromatic rings. The van der Waals surface area contributed by atoms with Crippen LogP contribution in [-0.4, -0.2) is 78.4 Å². The van der Waals surface area contributed by atoms with Gasteiger partial charge >= 0.3 is 0 Å². The first kappa shape index (κ1) is 39.7. The monoisotopic (exact) mass is 726 g/mol. The minimum absolute atomic E-state index is 0.0705. The number of carbonyl (C=O) groups is 4. The molecule has 0 saturated carbocycles. The van der Waals surface area contributed by atoms with Gasteiger partial charge in [0.05, 0.1) is 18.5 Å². The van der Waals surface area contributed by atoms with Crippen molar-refractivity contribution in [1.29, 1.82) is 0 Å². The summed E-state index contributed by atoms with van der Waals surface area (Å²) in [6.07, 6.45) is 3.53. The first-order valence-electron chi connectivity index (χ1n) is 17.6. The number of hydrogen-bond acceptors (Lipinski definition) is 7. The Morgan fingerprint density at radius 1 is 0.698 bits per heavy atom. The van der Waals surface area contributed by atoms with Gasteiger partial charge in [-0.15, -0.1) is 0 Å². The van der Waals surface area contributed by atoms with Crippen LogP contribution in [0.15, 0.2) is 88.4 Å². The van der Waals surface area contributed by atoms with Gasteiger partial charge in [-0.1, -0.05) is 66.2 Å². The summed E-state index contributed by atoms with van der Waals surface area (Å²) in [5.74, 6) is -2.85. The van der Waals surface area contributed by atoms with Crippen LogP contribution in [0.1, 0.15) is 43.7 Å². The van der Waals surface area contributed by atoms with Crippen molar-refractivity contribution >= 4 is 46.3 Å². The molecule has 0 aromatic heterocycles. The molecule has 0 aliphatic carbocycles. The Kier molecular flexibility index (Phi) is 14.6. The highest BCUT2D eigenvalue weighted by molar-refractivity contribution is 5.94. The second-order valence-corrected chi connectivity index (χ2v) is 13.1. The number of carbonyl (C=O) groups excluding carboxylic acids is 4. The first-order chi connectivity index (χ1) is 25.4. The van der Waals surface area contributed by atoms with E-state index < -0.39 is 47.7 Å². The zero-order chi connectivity index (χ0) is 38.3. The van der Waals surface area contributed by atoms with Crippen molar-refractivity contribution in [2.24, 2.45) is 38.8 Å². The molecular formula is C38H50N10O5. The second kappa shape index (κ2) is 19.5. The first-order valence-corrected chi connectivity index (χ1v) is 17.6. The number of phenols is 1. The van der Waals surface area contributed by atoms with Crippen LogP contribution in [0.4, 0.5) is 0 Å². The van der Waals surface area contributed by atoms with Crippen molar-refractivity contribution in [3.63, 3.8) is 0 Å². The summed E-state index contributed by atoms with van der Waals surface area (Å²) >= 11 is 0. The summed E-state index contributed by atoms with van der Waals surface area (Å²) in [4.78, 5) is 63.2. The molecule has 0 spiro atoms. The smallest absolute Gasteiger partial charge is 0.243 e. The molecule has 4 atom stereocenters. The standard InChI is InChI=1S/C38H50N10O5/c1-23-18-28(8-4-16-43-37(39)40)34(51)47-30(9-5-17-44-38(41)42)36(53)48-32(21-25-10-13-26-6-2-3-7-27(26)19-25)35(52)45-22-33(50)46-31(23)20-24-11-14-29(49)15-12-24/h2-3,6-7,10-15,18-19,28,30-32,49H,4-5,8-9,16-17,20-22H2,1H3,(H,45,52)(H,46,50)(H,47,51)(H,48,53)(H4,39,40,43)(H4,41,42,44)/b23-18+/t28-,30-,31+,32-/m0/s1. The van der Waals surface area contributed by atoms with Crippen LogP contribution in [0.25, 0.3) is 10.8 Å². The number of nitrogens with one attached hydrogen (secondary N) is 4. The van der Waals surface area contributed by atoms with E-state index in [0.29, 0.717) is 31.3 Å². The Morgan fingerprint density at radius 2 is 1.30 bits per heavy atom. The van der Waals surface area contributed by atoms with Gasteiger partial charge in [0, 0.05) is 19.5 Å². The molecule has 3 aromatic carbocycles.